The zero-order valence-corrected chi connectivity index (χ0v) is 17.3. The van der Waals surface area contributed by atoms with Gasteiger partial charge in [-0.3, -0.25) is 9.59 Å². The minimum Gasteiger partial charge on any atom is -0.468 e. The van der Waals surface area contributed by atoms with Gasteiger partial charge in [-0.25, -0.2) is 4.79 Å². The normalized spacial score (nSPS) is 17.1. The van der Waals surface area contributed by atoms with E-state index in [1.807, 2.05) is 30.3 Å². The van der Waals surface area contributed by atoms with E-state index in [1.54, 1.807) is 34.0 Å². The van der Waals surface area contributed by atoms with E-state index in [0.717, 1.165) is 18.4 Å². The van der Waals surface area contributed by atoms with Crippen molar-refractivity contribution in [3.63, 3.8) is 0 Å². The molecule has 0 aliphatic carbocycles. The van der Waals surface area contributed by atoms with Crippen LogP contribution in [0.15, 0.2) is 54.9 Å². The van der Waals surface area contributed by atoms with Crippen LogP contribution in [0.1, 0.15) is 48.0 Å². The van der Waals surface area contributed by atoms with Crippen molar-refractivity contribution in [2.45, 2.75) is 44.9 Å². The molecule has 7 nitrogen and oxygen atoms in total. The monoisotopic (exact) mass is 411 g/mol. The smallest absolute Gasteiger partial charge is 0.414 e. The number of rotatable bonds is 6. The number of benzene rings is 1. The molecule has 0 saturated carbocycles. The van der Waals surface area contributed by atoms with E-state index in [1.165, 1.54) is 14.0 Å². The standard InChI is InChI=1S/C23H27N2O5/c1-17(26)19-11-8-13-24(15-19)16-30-23(28)25-14-7-6-12-20(25)21(22(27)29-2)18-9-4-3-5-10-18/h3-5,8-11,13,15,20-21H,6-7,12,14,16H2,1-2H3/q+1. The topological polar surface area (TPSA) is 76.8 Å². The van der Waals surface area contributed by atoms with Crippen molar-refractivity contribution in [3.05, 3.63) is 66.0 Å². The molecule has 1 fully saturated rings. The highest BCUT2D eigenvalue weighted by Crippen LogP contribution is 2.32. The van der Waals surface area contributed by atoms with Crippen LogP contribution >= 0.6 is 0 Å². The molecule has 2 aromatic rings. The number of Topliss-reactive ketones (excluding diaryl/α,β-unsaturated/α-hetero) is 1. The van der Waals surface area contributed by atoms with Gasteiger partial charge in [-0.1, -0.05) is 30.3 Å². The van der Waals surface area contributed by atoms with Crippen LogP contribution in [0.2, 0.25) is 0 Å². The first-order valence-corrected chi connectivity index (χ1v) is 10.1. The van der Waals surface area contributed by atoms with Crippen molar-refractivity contribution in [2.24, 2.45) is 0 Å². The molecule has 0 radical (unpaired) electrons. The Kier molecular flexibility index (Phi) is 7.17. The number of amides is 1. The molecular formula is C23H27N2O5+. The lowest BCUT2D eigenvalue weighted by Crippen LogP contribution is -2.50. The predicted octanol–water partition coefficient (Wildman–Crippen LogP) is 3.08. The molecule has 1 aliphatic heterocycles. The van der Waals surface area contributed by atoms with Crippen molar-refractivity contribution < 1.29 is 28.4 Å². The number of ketones is 1. The van der Waals surface area contributed by atoms with E-state index < -0.39 is 12.0 Å². The van der Waals surface area contributed by atoms with E-state index in [4.69, 9.17) is 9.47 Å². The number of pyridine rings is 1. The highest BCUT2D eigenvalue weighted by Gasteiger charge is 2.39. The number of carbonyl (C=O) groups excluding carboxylic acids is 3. The Morgan fingerprint density at radius 1 is 1.13 bits per heavy atom. The largest absolute Gasteiger partial charge is 0.468 e. The van der Waals surface area contributed by atoms with Crippen LogP contribution in [0.5, 0.6) is 0 Å². The molecule has 3 rings (SSSR count). The van der Waals surface area contributed by atoms with E-state index in [9.17, 15) is 14.4 Å². The van der Waals surface area contributed by atoms with Crippen molar-refractivity contribution in [1.29, 1.82) is 0 Å². The summed E-state index contributed by atoms with van der Waals surface area (Å²) in [6.45, 7) is 1.99. The molecule has 0 bridgehead atoms. The summed E-state index contributed by atoms with van der Waals surface area (Å²) in [5, 5.41) is 0. The number of aromatic nitrogens is 1. The number of carbonyl (C=O) groups is 3. The fourth-order valence-electron chi connectivity index (χ4n) is 3.86. The van der Waals surface area contributed by atoms with Crippen LogP contribution in [-0.4, -0.2) is 42.4 Å². The van der Waals surface area contributed by atoms with Gasteiger partial charge in [-0.15, -0.1) is 0 Å². The predicted molar refractivity (Wildman–Crippen MR) is 109 cm³/mol. The van der Waals surface area contributed by atoms with Crippen LogP contribution in [0.25, 0.3) is 0 Å². The fourth-order valence-corrected chi connectivity index (χ4v) is 3.86. The third-order valence-electron chi connectivity index (χ3n) is 5.38. The van der Waals surface area contributed by atoms with Crippen molar-refractivity contribution in [3.8, 4) is 0 Å². The Hall–Kier alpha value is -3.22. The number of ether oxygens (including phenoxy) is 2. The maximum atomic E-state index is 12.9. The average molecular weight is 411 g/mol. The first-order chi connectivity index (χ1) is 14.5. The van der Waals surface area contributed by atoms with Gasteiger partial charge in [0.15, 0.2) is 18.2 Å². The molecule has 2 heterocycles. The number of piperidine rings is 1. The summed E-state index contributed by atoms with van der Waals surface area (Å²) in [4.78, 5) is 38.7. The number of esters is 1. The third-order valence-corrected chi connectivity index (χ3v) is 5.38. The quantitative estimate of drug-likeness (QED) is 0.415. The van der Waals surface area contributed by atoms with E-state index in [-0.39, 0.29) is 24.5 Å². The number of nitrogens with zero attached hydrogens (tertiary/aromatic N) is 2. The Morgan fingerprint density at radius 2 is 1.90 bits per heavy atom. The number of methoxy groups -OCH3 is 1. The van der Waals surface area contributed by atoms with Gasteiger partial charge in [0.05, 0.1) is 18.7 Å². The molecule has 1 amide bonds. The average Bonchev–Trinajstić information content (AvgIpc) is 2.78. The summed E-state index contributed by atoms with van der Waals surface area (Å²) < 4.78 is 12.2. The summed E-state index contributed by atoms with van der Waals surface area (Å²) in [7, 11) is 1.36. The minimum absolute atomic E-state index is 0.0165. The Labute approximate surface area is 176 Å². The molecule has 158 valence electrons. The molecule has 1 aliphatic rings. The van der Waals surface area contributed by atoms with Gasteiger partial charge in [0, 0.05) is 12.6 Å². The lowest BCUT2D eigenvalue weighted by Gasteiger charge is -2.38. The van der Waals surface area contributed by atoms with Crippen LogP contribution in [-0.2, 0) is 21.0 Å². The van der Waals surface area contributed by atoms with Crippen molar-refractivity contribution >= 4 is 17.8 Å². The third kappa shape index (κ3) is 5.03. The van der Waals surface area contributed by atoms with Crippen LogP contribution in [0, 0.1) is 0 Å². The Bertz CT molecular complexity index is 899. The molecular weight excluding hydrogens is 384 g/mol. The lowest BCUT2D eigenvalue weighted by atomic mass is 9.85. The Morgan fingerprint density at radius 3 is 2.60 bits per heavy atom. The molecule has 7 heteroatoms. The highest BCUT2D eigenvalue weighted by molar-refractivity contribution is 5.93. The van der Waals surface area contributed by atoms with Gasteiger partial charge in [0.1, 0.15) is 5.92 Å². The maximum absolute atomic E-state index is 12.9. The van der Waals surface area contributed by atoms with Gasteiger partial charge < -0.3 is 14.4 Å². The first kappa shape index (κ1) is 21.5. The summed E-state index contributed by atoms with van der Waals surface area (Å²) in [6.07, 6.45) is 5.35. The molecule has 1 aromatic heterocycles. The Balaban J connectivity index is 1.77. The molecule has 30 heavy (non-hydrogen) atoms. The van der Waals surface area contributed by atoms with Crippen LogP contribution in [0.4, 0.5) is 4.79 Å². The van der Waals surface area contributed by atoms with Gasteiger partial charge >= 0.3 is 12.1 Å². The molecule has 1 saturated heterocycles. The van der Waals surface area contributed by atoms with E-state index in [2.05, 4.69) is 0 Å². The summed E-state index contributed by atoms with van der Waals surface area (Å²) in [6, 6.07) is 12.5. The molecule has 1 aromatic carbocycles. The van der Waals surface area contributed by atoms with Crippen molar-refractivity contribution in [2.75, 3.05) is 13.7 Å². The van der Waals surface area contributed by atoms with Gasteiger partial charge in [-0.05, 0) is 37.8 Å². The molecule has 0 spiro atoms. The van der Waals surface area contributed by atoms with Crippen molar-refractivity contribution in [1.82, 2.24) is 4.90 Å². The maximum Gasteiger partial charge on any atom is 0.414 e. The number of hydrogen-bond acceptors (Lipinski definition) is 5. The van der Waals surface area contributed by atoms with E-state index in [0.29, 0.717) is 18.5 Å². The SMILES string of the molecule is COC(=O)C(c1ccccc1)C1CCCCN1C(=O)OC[n+]1cccc(C(C)=O)c1. The van der Waals surface area contributed by atoms with Gasteiger partial charge in [0.25, 0.3) is 6.73 Å². The van der Waals surface area contributed by atoms with Crippen LogP contribution < -0.4 is 4.57 Å². The second-order valence-electron chi connectivity index (χ2n) is 7.37. The van der Waals surface area contributed by atoms with E-state index >= 15 is 0 Å². The highest BCUT2D eigenvalue weighted by atomic mass is 16.6. The minimum atomic E-state index is -0.572. The molecule has 2 atom stereocenters. The first-order valence-electron chi connectivity index (χ1n) is 10.1. The zero-order chi connectivity index (χ0) is 21.5. The van der Waals surface area contributed by atoms with Gasteiger partial charge in [0.2, 0.25) is 0 Å². The number of likely N-dealkylation sites (tertiary alicyclic amines) is 1. The zero-order valence-electron chi connectivity index (χ0n) is 17.3. The molecule has 0 N–H and O–H groups in total. The lowest BCUT2D eigenvalue weighted by molar-refractivity contribution is -0.727. The summed E-state index contributed by atoms with van der Waals surface area (Å²) in [5.41, 5.74) is 1.36. The summed E-state index contributed by atoms with van der Waals surface area (Å²) in [5.74, 6) is -0.997. The summed E-state index contributed by atoms with van der Waals surface area (Å²) >= 11 is 0. The van der Waals surface area contributed by atoms with Gasteiger partial charge in [-0.2, -0.15) is 4.57 Å². The van der Waals surface area contributed by atoms with Crippen LogP contribution in [0.3, 0.4) is 0 Å². The fraction of sp³-hybridized carbons (Fsp3) is 0.391. The second kappa shape index (κ2) is 10.0. The second-order valence-corrected chi connectivity index (χ2v) is 7.37. The number of hydrogen-bond donors (Lipinski definition) is 0. The molecule has 2 unspecified atom stereocenters.